The van der Waals surface area contributed by atoms with Crippen LogP contribution in [0.1, 0.15) is 16.7 Å². The van der Waals surface area contributed by atoms with Crippen LogP contribution < -0.4 is 0 Å². The van der Waals surface area contributed by atoms with Gasteiger partial charge in [-0.05, 0) is 58.7 Å². The maximum absolute atomic E-state index is 13.2. The van der Waals surface area contributed by atoms with Gasteiger partial charge in [-0.3, -0.25) is 14.4 Å². The highest BCUT2D eigenvalue weighted by Gasteiger charge is 2.51. The van der Waals surface area contributed by atoms with Crippen LogP contribution in [0.2, 0.25) is 0 Å². The molecular formula is C35H38O17. The Bertz CT molecular complexity index is 1760. The summed E-state index contributed by atoms with van der Waals surface area (Å²) in [5.41, 5.74) is 0.848. The van der Waals surface area contributed by atoms with Gasteiger partial charge in [0, 0.05) is 0 Å². The molecule has 1 aliphatic heterocycles. The van der Waals surface area contributed by atoms with E-state index >= 15 is 0 Å². The van der Waals surface area contributed by atoms with Crippen molar-refractivity contribution in [3.05, 3.63) is 82.9 Å². The van der Waals surface area contributed by atoms with E-state index in [0.29, 0.717) is 0 Å². The van der Waals surface area contributed by atoms with Crippen molar-refractivity contribution in [2.75, 3.05) is 26.4 Å². The van der Waals surface area contributed by atoms with Gasteiger partial charge in [-0.2, -0.15) is 0 Å². The second-order valence-electron chi connectivity index (χ2n) is 11.6. The summed E-state index contributed by atoms with van der Waals surface area (Å²) in [6, 6.07) is 10.8. The maximum Gasteiger partial charge on any atom is 0.310 e. The molecule has 1 heterocycles. The molecule has 1 fully saturated rings. The number of carbonyl (C=O) groups excluding carboxylic acids is 3. The Labute approximate surface area is 295 Å². The number of hydrogen-bond acceptors (Lipinski definition) is 17. The Kier molecular flexibility index (Phi) is 13.6. The zero-order valence-corrected chi connectivity index (χ0v) is 27.4. The van der Waals surface area contributed by atoms with Gasteiger partial charge in [-0.25, -0.2) is 0 Å². The van der Waals surface area contributed by atoms with E-state index in [1.807, 2.05) is 0 Å². The number of phenolic OH excluding ortho intramolecular Hbond substituents is 6. The number of esters is 3. The Hall–Kier alpha value is -5.59. The molecule has 0 amide bonds. The number of benzene rings is 3. The quantitative estimate of drug-likeness (QED) is 0.0441. The summed E-state index contributed by atoms with van der Waals surface area (Å²) >= 11 is 0. The van der Waals surface area contributed by atoms with E-state index in [1.165, 1.54) is 30.3 Å². The van der Waals surface area contributed by atoms with Gasteiger partial charge in [-0.1, -0.05) is 24.3 Å². The van der Waals surface area contributed by atoms with Crippen molar-refractivity contribution in [2.24, 2.45) is 0 Å². The number of carbonyl (C=O) groups is 3. The lowest BCUT2D eigenvalue weighted by Crippen LogP contribution is -2.62. The van der Waals surface area contributed by atoms with Crippen LogP contribution in [0.3, 0.4) is 0 Å². The van der Waals surface area contributed by atoms with Crippen LogP contribution in [0.15, 0.2) is 66.2 Å². The number of hydrogen-bond donors (Lipinski definition) is 9. The molecule has 17 heteroatoms. The van der Waals surface area contributed by atoms with E-state index in [4.69, 9.17) is 23.7 Å². The van der Waals surface area contributed by atoms with Gasteiger partial charge >= 0.3 is 17.9 Å². The van der Waals surface area contributed by atoms with Crippen molar-refractivity contribution < 1.29 is 84.0 Å². The Morgan fingerprint density at radius 2 is 1.12 bits per heavy atom. The van der Waals surface area contributed by atoms with Crippen molar-refractivity contribution in [3.8, 4) is 34.5 Å². The predicted octanol–water partition coefficient (Wildman–Crippen LogP) is 0.328. The van der Waals surface area contributed by atoms with Crippen molar-refractivity contribution in [3.63, 3.8) is 0 Å². The number of ether oxygens (including phenoxy) is 5. The molecule has 0 aromatic heterocycles. The zero-order valence-electron chi connectivity index (χ0n) is 27.4. The minimum atomic E-state index is -1.84. The average molecular weight is 731 g/mol. The number of aliphatic hydroxyl groups excluding tert-OH is 3. The number of rotatable bonds is 15. The third kappa shape index (κ3) is 10.7. The maximum atomic E-state index is 13.2. The van der Waals surface area contributed by atoms with Crippen LogP contribution in [0.5, 0.6) is 34.5 Å². The minimum absolute atomic E-state index is 0.169. The molecule has 0 radical (unpaired) electrons. The molecule has 1 aliphatic rings. The van der Waals surface area contributed by atoms with Crippen LogP contribution >= 0.6 is 0 Å². The summed E-state index contributed by atoms with van der Waals surface area (Å²) < 4.78 is 28.2. The lowest BCUT2D eigenvalue weighted by atomic mass is 9.98. The highest BCUT2D eigenvalue weighted by atomic mass is 16.7. The van der Waals surface area contributed by atoms with Gasteiger partial charge in [0.2, 0.25) is 0 Å². The fraction of sp³-hybridized carbons (Fsp3) is 0.343. The molecule has 4 rings (SSSR count). The molecule has 280 valence electrons. The van der Waals surface area contributed by atoms with Crippen LogP contribution in [-0.4, -0.2) is 121 Å². The highest BCUT2D eigenvalue weighted by Crippen LogP contribution is 2.31. The molecule has 0 unspecified atom stereocenters. The van der Waals surface area contributed by atoms with Crippen LogP contribution in [0, 0.1) is 0 Å². The summed E-state index contributed by atoms with van der Waals surface area (Å²) in [6.45, 7) is -2.10. The van der Waals surface area contributed by atoms with Gasteiger partial charge in [-0.15, -0.1) is 0 Å². The van der Waals surface area contributed by atoms with Crippen LogP contribution in [0.4, 0.5) is 0 Å². The van der Waals surface area contributed by atoms with Gasteiger partial charge in [0.15, 0.2) is 53.0 Å². The zero-order chi connectivity index (χ0) is 37.9. The summed E-state index contributed by atoms with van der Waals surface area (Å²) in [5, 5.41) is 88.7. The summed E-state index contributed by atoms with van der Waals surface area (Å²) in [4.78, 5) is 39.1. The molecule has 0 spiro atoms. The minimum Gasteiger partial charge on any atom is -0.504 e. The van der Waals surface area contributed by atoms with Gasteiger partial charge in [0.25, 0.3) is 0 Å². The average Bonchev–Trinajstić information content (AvgIpc) is 3.09. The van der Waals surface area contributed by atoms with Crippen LogP contribution in [0.25, 0.3) is 0 Å². The predicted molar refractivity (Wildman–Crippen MR) is 174 cm³/mol. The van der Waals surface area contributed by atoms with E-state index in [2.05, 4.69) is 0 Å². The van der Waals surface area contributed by atoms with Crippen molar-refractivity contribution >= 4 is 17.9 Å². The SMILES string of the molecule is O=C(Cc1ccc(O)c(O)c1)OC[C@H]1O[C@@H](OCC(=CCO)CO)[C@H](OC(=O)Cc2ccc(O)c(O)c2)[C@H](OC(=O)Cc2ccc(O)c(O)c2)[C@@H]1O. The second kappa shape index (κ2) is 18.1. The molecule has 17 nitrogen and oxygen atoms in total. The van der Waals surface area contributed by atoms with E-state index in [1.54, 1.807) is 0 Å². The Balaban J connectivity index is 1.60. The third-order valence-electron chi connectivity index (χ3n) is 7.74. The molecule has 1 saturated heterocycles. The fourth-order valence-electron chi connectivity index (χ4n) is 5.06. The monoisotopic (exact) mass is 730 g/mol. The Morgan fingerprint density at radius 3 is 1.56 bits per heavy atom. The highest BCUT2D eigenvalue weighted by molar-refractivity contribution is 5.75. The molecule has 0 saturated carbocycles. The molecule has 3 aromatic rings. The molecule has 52 heavy (non-hydrogen) atoms. The molecular weight excluding hydrogens is 692 g/mol. The van der Waals surface area contributed by atoms with Gasteiger partial charge in [0.05, 0.1) is 39.1 Å². The van der Waals surface area contributed by atoms with Crippen molar-refractivity contribution in [2.45, 2.75) is 50.0 Å². The standard InChI is InChI=1S/C35H38O17/c36-8-7-21(15-37)16-49-35-34(52-31(46)14-20-3-6-24(40)27(43)11-20)33(51-30(45)13-19-2-5-23(39)26(42)10-19)32(47)28(50-35)17-48-29(44)12-18-1-4-22(38)25(41)9-18/h1-7,9-11,28,32-43,47H,8,12-17H2/t28-,32-,33-,34-,35-/m1/s1. The fourth-order valence-corrected chi connectivity index (χ4v) is 5.06. The first-order valence-electron chi connectivity index (χ1n) is 15.7. The molecule has 0 aliphatic carbocycles. The van der Waals surface area contributed by atoms with Gasteiger partial charge in [0.1, 0.15) is 18.8 Å². The van der Waals surface area contributed by atoms with E-state index in [9.17, 15) is 60.3 Å². The van der Waals surface area contributed by atoms with E-state index in [-0.39, 0.29) is 28.7 Å². The van der Waals surface area contributed by atoms with E-state index < -0.39 is 122 Å². The number of phenols is 6. The normalized spacial score (nSPS) is 20.2. The van der Waals surface area contributed by atoms with Crippen molar-refractivity contribution in [1.82, 2.24) is 0 Å². The van der Waals surface area contributed by atoms with Crippen LogP contribution in [-0.2, 0) is 57.3 Å². The first kappa shape index (κ1) is 39.2. The summed E-state index contributed by atoms with van der Waals surface area (Å²) in [6.07, 6.45) is -8.58. The van der Waals surface area contributed by atoms with E-state index in [0.717, 1.165) is 30.3 Å². The smallest absolute Gasteiger partial charge is 0.310 e. The molecule has 0 bridgehead atoms. The molecule has 5 atom stereocenters. The summed E-state index contributed by atoms with van der Waals surface area (Å²) in [7, 11) is 0. The summed E-state index contributed by atoms with van der Waals surface area (Å²) in [5.74, 6) is -5.62. The third-order valence-corrected chi connectivity index (χ3v) is 7.74. The lowest BCUT2D eigenvalue weighted by Gasteiger charge is -2.43. The topological polar surface area (TPSA) is 279 Å². The first-order valence-corrected chi connectivity index (χ1v) is 15.7. The number of aliphatic hydroxyl groups is 3. The van der Waals surface area contributed by atoms with Crippen molar-refractivity contribution in [1.29, 1.82) is 0 Å². The second-order valence-corrected chi connectivity index (χ2v) is 11.6. The first-order chi connectivity index (χ1) is 24.8. The molecule has 3 aromatic carbocycles. The number of aromatic hydroxyl groups is 6. The van der Waals surface area contributed by atoms with Gasteiger partial charge < -0.3 is 69.6 Å². The Morgan fingerprint density at radius 1 is 0.654 bits per heavy atom. The largest absolute Gasteiger partial charge is 0.504 e. The lowest BCUT2D eigenvalue weighted by molar-refractivity contribution is -0.305. The molecule has 9 N–H and O–H groups in total.